The number of hydrogen-bond acceptors (Lipinski definition) is 4. The Kier molecular flexibility index (Phi) is 3.25. The molecule has 0 saturated carbocycles. The van der Waals surface area contributed by atoms with Crippen LogP contribution < -0.4 is 0 Å². The molecule has 6 heteroatoms. The number of nitrogens with zero attached hydrogens (tertiary/aromatic N) is 5. The molecule has 0 saturated heterocycles. The highest BCUT2D eigenvalue weighted by molar-refractivity contribution is 9.10. The summed E-state index contributed by atoms with van der Waals surface area (Å²) in [6, 6.07) is 8.04. The Hall–Kier alpha value is -1.82. The van der Waals surface area contributed by atoms with Gasteiger partial charge in [-0.25, -0.2) is 0 Å². The van der Waals surface area contributed by atoms with Crippen LogP contribution in [0.2, 0.25) is 0 Å². The zero-order valence-corrected chi connectivity index (χ0v) is 12.0. The van der Waals surface area contributed by atoms with Crippen molar-refractivity contribution in [1.82, 2.24) is 25.2 Å². The van der Waals surface area contributed by atoms with E-state index in [2.05, 4.69) is 43.4 Å². The number of halogens is 1. The Bertz CT molecular complexity index is 722. The molecule has 0 radical (unpaired) electrons. The van der Waals surface area contributed by atoms with Gasteiger partial charge in [-0.3, -0.25) is 4.98 Å². The van der Waals surface area contributed by atoms with Gasteiger partial charge < -0.3 is 0 Å². The minimum Gasteiger partial charge on any atom is -0.253 e. The normalized spacial score (nSPS) is 11.1. The first-order chi connectivity index (χ1) is 9.29. The lowest BCUT2D eigenvalue weighted by atomic mass is 10.2. The number of para-hydroxylation sites is 1. The van der Waals surface area contributed by atoms with Gasteiger partial charge in [-0.1, -0.05) is 19.1 Å². The van der Waals surface area contributed by atoms with E-state index in [4.69, 9.17) is 0 Å². The van der Waals surface area contributed by atoms with Crippen LogP contribution >= 0.6 is 15.9 Å². The molecule has 2 heterocycles. The molecule has 0 fully saturated rings. The maximum Gasteiger partial charge on any atom is 0.156 e. The molecule has 0 bridgehead atoms. The summed E-state index contributed by atoms with van der Waals surface area (Å²) in [4.78, 5) is 4.47. The van der Waals surface area contributed by atoms with Crippen LogP contribution in [-0.2, 0) is 6.42 Å². The van der Waals surface area contributed by atoms with E-state index >= 15 is 0 Å². The third kappa shape index (κ3) is 2.23. The number of aromatic nitrogens is 5. The summed E-state index contributed by atoms with van der Waals surface area (Å²) in [6.45, 7) is 2.11. The Labute approximate surface area is 118 Å². The van der Waals surface area contributed by atoms with Crippen LogP contribution in [0, 0.1) is 0 Å². The maximum absolute atomic E-state index is 4.47. The van der Waals surface area contributed by atoms with Crippen LogP contribution in [0.5, 0.6) is 0 Å². The van der Waals surface area contributed by atoms with E-state index in [1.54, 1.807) is 10.9 Å². The molecule has 19 heavy (non-hydrogen) atoms. The second-order valence-corrected chi connectivity index (χ2v) is 5.17. The first-order valence-corrected chi connectivity index (χ1v) is 6.91. The van der Waals surface area contributed by atoms with E-state index in [-0.39, 0.29) is 0 Å². The van der Waals surface area contributed by atoms with Crippen molar-refractivity contribution >= 4 is 26.8 Å². The van der Waals surface area contributed by atoms with Gasteiger partial charge in [0, 0.05) is 22.5 Å². The van der Waals surface area contributed by atoms with Crippen LogP contribution in [0.4, 0.5) is 0 Å². The molecule has 0 unspecified atom stereocenters. The second-order valence-electron chi connectivity index (χ2n) is 4.26. The Morgan fingerprint density at radius 1 is 1.32 bits per heavy atom. The van der Waals surface area contributed by atoms with Gasteiger partial charge in [0.2, 0.25) is 0 Å². The lowest BCUT2D eigenvalue weighted by molar-refractivity contribution is 0.748. The molecule has 3 rings (SSSR count). The summed E-state index contributed by atoms with van der Waals surface area (Å²) >= 11 is 3.44. The van der Waals surface area contributed by atoms with Gasteiger partial charge in [0.1, 0.15) is 0 Å². The highest BCUT2D eigenvalue weighted by atomic mass is 79.9. The number of fused-ring (bicyclic) bond motifs is 1. The minimum absolute atomic E-state index is 0.847. The molecule has 0 spiro atoms. The number of pyridine rings is 1. The number of tetrazole rings is 1. The Balaban J connectivity index is 2.22. The molecule has 2 aromatic heterocycles. The number of benzene rings is 1. The summed E-state index contributed by atoms with van der Waals surface area (Å²) in [5.74, 6) is 0.861. The Morgan fingerprint density at radius 2 is 2.21 bits per heavy atom. The molecule has 0 aliphatic rings. The Morgan fingerprint density at radius 3 is 3.05 bits per heavy atom. The van der Waals surface area contributed by atoms with Crippen LogP contribution in [0.15, 0.2) is 34.9 Å². The predicted molar refractivity (Wildman–Crippen MR) is 76.2 cm³/mol. The third-order valence-corrected chi connectivity index (χ3v) is 3.33. The lowest BCUT2D eigenvalue weighted by Crippen LogP contribution is -2.04. The van der Waals surface area contributed by atoms with Gasteiger partial charge in [0.25, 0.3) is 0 Å². The summed E-state index contributed by atoms with van der Waals surface area (Å²) in [5, 5.41) is 13.0. The number of hydrogen-bond donors (Lipinski definition) is 0. The lowest BCUT2D eigenvalue weighted by Gasteiger charge is -2.07. The minimum atomic E-state index is 0.847. The van der Waals surface area contributed by atoms with E-state index in [0.717, 1.165) is 39.7 Å². The fraction of sp³-hybridized carbons (Fsp3) is 0.231. The average molecular weight is 318 g/mol. The van der Waals surface area contributed by atoms with Crippen molar-refractivity contribution in [3.05, 3.63) is 40.8 Å². The van der Waals surface area contributed by atoms with Crippen molar-refractivity contribution in [3.8, 4) is 5.69 Å². The molecule has 0 aliphatic carbocycles. The molecule has 0 aliphatic heterocycles. The molecular formula is C13H12BrN5. The van der Waals surface area contributed by atoms with E-state index in [0.29, 0.717) is 0 Å². The standard InChI is InChI=1S/C13H12BrN5/c1-2-4-12-16-17-18-19(12)11-6-3-5-9-7-10(14)8-15-13(9)11/h3,5-8H,2,4H2,1H3. The zero-order chi connectivity index (χ0) is 13.2. The quantitative estimate of drug-likeness (QED) is 0.745. The monoisotopic (exact) mass is 317 g/mol. The summed E-state index contributed by atoms with van der Waals surface area (Å²) in [7, 11) is 0. The van der Waals surface area contributed by atoms with Crippen LogP contribution in [0.25, 0.3) is 16.6 Å². The molecule has 0 N–H and O–H groups in total. The second kappa shape index (κ2) is 5.05. The van der Waals surface area contributed by atoms with Crippen LogP contribution in [0.3, 0.4) is 0 Å². The molecule has 5 nitrogen and oxygen atoms in total. The predicted octanol–water partition coefficient (Wildman–Crippen LogP) is 2.93. The smallest absolute Gasteiger partial charge is 0.156 e. The van der Waals surface area contributed by atoms with Gasteiger partial charge in [0.15, 0.2) is 5.82 Å². The van der Waals surface area contributed by atoms with Gasteiger partial charge >= 0.3 is 0 Å². The van der Waals surface area contributed by atoms with Crippen molar-refractivity contribution in [2.75, 3.05) is 0 Å². The van der Waals surface area contributed by atoms with Crippen molar-refractivity contribution < 1.29 is 0 Å². The van der Waals surface area contributed by atoms with E-state index < -0.39 is 0 Å². The molecule has 0 amide bonds. The van der Waals surface area contributed by atoms with Gasteiger partial charge in [-0.15, -0.1) is 5.10 Å². The molecule has 96 valence electrons. The largest absolute Gasteiger partial charge is 0.253 e. The van der Waals surface area contributed by atoms with Crippen molar-refractivity contribution in [3.63, 3.8) is 0 Å². The zero-order valence-electron chi connectivity index (χ0n) is 10.4. The molecule has 0 atom stereocenters. The summed E-state index contributed by atoms with van der Waals surface area (Å²) in [6.07, 6.45) is 3.64. The van der Waals surface area contributed by atoms with E-state index in [1.807, 2.05) is 24.3 Å². The first-order valence-electron chi connectivity index (χ1n) is 6.11. The molecule has 1 aromatic carbocycles. The first kappa shape index (κ1) is 12.2. The van der Waals surface area contributed by atoms with Crippen LogP contribution in [0.1, 0.15) is 19.2 Å². The van der Waals surface area contributed by atoms with Gasteiger partial charge in [-0.2, -0.15) is 4.68 Å². The van der Waals surface area contributed by atoms with Crippen molar-refractivity contribution in [2.45, 2.75) is 19.8 Å². The fourth-order valence-electron chi connectivity index (χ4n) is 2.06. The van der Waals surface area contributed by atoms with Crippen LogP contribution in [-0.4, -0.2) is 25.2 Å². The highest BCUT2D eigenvalue weighted by Crippen LogP contribution is 2.23. The van der Waals surface area contributed by atoms with E-state index in [9.17, 15) is 0 Å². The van der Waals surface area contributed by atoms with Crippen molar-refractivity contribution in [1.29, 1.82) is 0 Å². The van der Waals surface area contributed by atoms with Crippen molar-refractivity contribution in [2.24, 2.45) is 0 Å². The SMILES string of the molecule is CCCc1nnnn1-c1cccc2cc(Br)cnc12. The number of aryl methyl sites for hydroxylation is 1. The molecule has 3 aromatic rings. The average Bonchev–Trinajstić information content (AvgIpc) is 2.86. The highest BCUT2D eigenvalue weighted by Gasteiger charge is 2.11. The topological polar surface area (TPSA) is 56.5 Å². The van der Waals surface area contributed by atoms with Gasteiger partial charge in [0.05, 0.1) is 11.2 Å². The van der Waals surface area contributed by atoms with E-state index in [1.165, 1.54) is 0 Å². The summed E-state index contributed by atoms with van der Waals surface area (Å²) < 4.78 is 2.73. The summed E-state index contributed by atoms with van der Waals surface area (Å²) in [5.41, 5.74) is 1.81. The fourth-order valence-corrected chi connectivity index (χ4v) is 2.41. The maximum atomic E-state index is 4.47. The third-order valence-electron chi connectivity index (χ3n) is 2.89. The number of rotatable bonds is 3. The van der Waals surface area contributed by atoms with Gasteiger partial charge in [-0.05, 0) is 44.9 Å². The molecular weight excluding hydrogens is 306 g/mol.